The van der Waals surface area contributed by atoms with E-state index in [4.69, 9.17) is 5.26 Å². The number of hydrogen-bond donors (Lipinski definition) is 2. The summed E-state index contributed by atoms with van der Waals surface area (Å²) in [6, 6.07) is 12.6. The summed E-state index contributed by atoms with van der Waals surface area (Å²) in [6.45, 7) is 0.0252. The van der Waals surface area contributed by atoms with Gasteiger partial charge in [-0.3, -0.25) is 9.59 Å². The van der Waals surface area contributed by atoms with Gasteiger partial charge < -0.3 is 10.6 Å². The number of nitrogens with zero attached hydrogens (tertiary/aromatic N) is 1. The number of halogens is 3. The Kier molecular flexibility index (Phi) is 5.96. The summed E-state index contributed by atoms with van der Waals surface area (Å²) in [4.78, 5) is 23.4. The Balaban J connectivity index is 2.00. The SMILES string of the molecule is N#CCC(=O)Nc1ccc(CNC(=O)c2ccccc2C(F)(F)F)cc1. The van der Waals surface area contributed by atoms with E-state index < -0.39 is 29.1 Å². The number of carbonyl (C=O) groups excluding carboxylic acids is 2. The molecule has 2 aromatic rings. The molecule has 0 saturated heterocycles. The van der Waals surface area contributed by atoms with Gasteiger partial charge in [-0.25, -0.2) is 0 Å². The smallest absolute Gasteiger partial charge is 0.348 e. The van der Waals surface area contributed by atoms with Crippen LogP contribution in [0.15, 0.2) is 48.5 Å². The fourth-order valence-corrected chi connectivity index (χ4v) is 2.19. The van der Waals surface area contributed by atoms with E-state index in [1.165, 1.54) is 12.1 Å². The zero-order chi connectivity index (χ0) is 19.2. The largest absolute Gasteiger partial charge is 0.417 e. The van der Waals surface area contributed by atoms with E-state index in [0.717, 1.165) is 12.1 Å². The highest BCUT2D eigenvalue weighted by Gasteiger charge is 2.34. The highest BCUT2D eigenvalue weighted by atomic mass is 19.4. The van der Waals surface area contributed by atoms with Crippen molar-refractivity contribution in [3.63, 3.8) is 0 Å². The van der Waals surface area contributed by atoms with Crippen molar-refractivity contribution < 1.29 is 22.8 Å². The number of carbonyl (C=O) groups is 2. The maximum atomic E-state index is 12.9. The molecule has 0 spiro atoms. The van der Waals surface area contributed by atoms with Crippen LogP contribution in [-0.4, -0.2) is 11.8 Å². The highest BCUT2D eigenvalue weighted by molar-refractivity contribution is 5.96. The number of amides is 2. The average molecular weight is 361 g/mol. The Morgan fingerprint density at radius 2 is 1.69 bits per heavy atom. The second kappa shape index (κ2) is 8.16. The van der Waals surface area contributed by atoms with Crippen LogP contribution in [0, 0.1) is 11.3 Å². The molecule has 0 aliphatic carbocycles. The molecule has 0 bridgehead atoms. The molecular formula is C18H14F3N3O2. The first kappa shape index (κ1) is 19.0. The van der Waals surface area contributed by atoms with Gasteiger partial charge in [0.15, 0.2) is 0 Å². The topological polar surface area (TPSA) is 82.0 Å². The van der Waals surface area contributed by atoms with Gasteiger partial charge in [0.2, 0.25) is 5.91 Å². The van der Waals surface area contributed by atoms with Gasteiger partial charge in [0.05, 0.1) is 17.2 Å². The van der Waals surface area contributed by atoms with E-state index >= 15 is 0 Å². The first-order valence-corrected chi connectivity index (χ1v) is 7.51. The monoisotopic (exact) mass is 361 g/mol. The molecule has 0 aliphatic rings. The van der Waals surface area contributed by atoms with Gasteiger partial charge >= 0.3 is 6.18 Å². The second-order valence-corrected chi connectivity index (χ2v) is 5.31. The van der Waals surface area contributed by atoms with Crippen LogP contribution < -0.4 is 10.6 Å². The fraction of sp³-hybridized carbons (Fsp3) is 0.167. The van der Waals surface area contributed by atoms with Gasteiger partial charge in [0.25, 0.3) is 5.91 Å². The van der Waals surface area contributed by atoms with Crippen molar-refractivity contribution in [3.05, 3.63) is 65.2 Å². The maximum Gasteiger partial charge on any atom is 0.417 e. The third kappa shape index (κ3) is 5.08. The molecule has 0 radical (unpaired) electrons. The number of hydrogen-bond acceptors (Lipinski definition) is 3. The Morgan fingerprint density at radius 3 is 2.31 bits per heavy atom. The molecular weight excluding hydrogens is 347 g/mol. The van der Waals surface area contributed by atoms with E-state index in [0.29, 0.717) is 11.3 Å². The quantitative estimate of drug-likeness (QED) is 0.855. The van der Waals surface area contributed by atoms with Gasteiger partial charge in [-0.2, -0.15) is 18.4 Å². The van der Waals surface area contributed by atoms with Crippen LogP contribution in [0.4, 0.5) is 18.9 Å². The summed E-state index contributed by atoms with van der Waals surface area (Å²) in [5, 5.41) is 13.4. The summed E-state index contributed by atoms with van der Waals surface area (Å²) in [6.07, 6.45) is -4.88. The minimum atomic E-state index is -4.61. The number of anilines is 1. The number of nitriles is 1. The number of rotatable bonds is 5. The lowest BCUT2D eigenvalue weighted by Gasteiger charge is -2.13. The van der Waals surface area contributed by atoms with Gasteiger partial charge in [-0.05, 0) is 29.8 Å². The molecule has 2 aromatic carbocycles. The molecule has 0 atom stereocenters. The van der Waals surface area contributed by atoms with E-state index in [1.54, 1.807) is 30.3 Å². The Morgan fingerprint density at radius 1 is 1.04 bits per heavy atom. The number of alkyl halides is 3. The molecule has 0 saturated carbocycles. The van der Waals surface area contributed by atoms with E-state index in [2.05, 4.69) is 10.6 Å². The second-order valence-electron chi connectivity index (χ2n) is 5.31. The summed E-state index contributed by atoms with van der Waals surface area (Å²) in [7, 11) is 0. The van der Waals surface area contributed by atoms with Crippen LogP contribution in [0.2, 0.25) is 0 Å². The highest BCUT2D eigenvalue weighted by Crippen LogP contribution is 2.31. The summed E-state index contributed by atoms with van der Waals surface area (Å²) >= 11 is 0. The first-order valence-electron chi connectivity index (χ1n) is 7.51. The van der Waals surface area contributed by atoms with Gasteiger partial charge in [-0.15, -0.1) is 0 Å². The molecule has 8 heteroatoms. The predicted octanol–water partition coefficient (Wildman–Crippen LogP) is 3.49. The first-order chi connectivity index (χ1) is 12.3. The van der Waals surface area contributed by atoms with Gasteiger partial charge in [0.1, 0.15) is 6.42 Å². The molecule has 26 heavy (non-hydrogen) atoms. The third-order valence-corrected chi connectivity index (χ3v) is 3.41. The molecule has 0 aromatic heterocycles. The van der Waals surface area contributed by atoms with Gasteiger partial charge in [0, 0.05) is 12.2 Å². The normalized spacial score (nSPS) is 10.7. The minimum absolute atomic E-state index is 0.0252. The maximum absolute atomic E-state index is 12.9. The molecule has 0 aliphatic heterocycles. The van der Waals surface area contributed by atoms with Crippen LogP contribution in [0.25, 0.3) is 0 Å². The lowest BCUT2D eigenvalue weighted by Crippen LogP contribution is -2.25. The average Bonchev–Trinajstić information content (AvgIpc) is 2.60. The van der Waals surface area contributed by atoms with Crippen molar-refractivity contribution in [3.8, 4) is 6.07 Å². The van der Waals surface area contributed by atoms with Crippen molar-refractivity contribution in [2.75, 3.05) is 5.32 Å². The summed E-state index contributed by atoms with van der Waals surface area (Å²) < 4.78 is 38.8. The molecule has 0 unspecified atom stereocenters. The van der Waals surface area contributed by atoms with Crippen molar-refractivity contribution in [2.45, 2.75) is 19.1 Å². The minimum Gasteiger partial charge on any atom is -0.348 e. The fourth-order valence-electron chi connectivity index (χ4n) is 2.19. The van der Waals surface area contributed by atoms with E-state index in [9.17, 15) is 22.8 Å². The zero-order valence-corrected chi connectivity index (χ0v) is 13.4. The third-order valence-electron chi connectivity index (χ3n) is 3.41. The van der Waals surface area contributed by atoms with Crippen molar-refractivity contribution >= 4 is 17.5 Å². The molecule has 5 nitrogen and oxygen atoms in total. The zero-order valence-electron chi connectivity index (χ0n) is 13.4. The number of nitrogens with one attached hydrogen (secondary N) is 2. The van der Waals surface area contributed by atoms with Crippen molar-refractivity contribution in [1.82, 2.24) is 5.32 Å². The van der Waals surface area contributed by atoms with E-state index in [-0.39, 0.29) is 13.0 Å². The molecule has 0 heterocycles. The van der Waals surface area contributed by atoms with Crippen LogP contribution in [0.1, 0.15) is 27.9 Å². The van der Waals surface area contributed by atoms with Crippen LogP contribution in [0.5, 0.6) is 0 Å². The molecule has 2 N–H and O–H groups in total. The standard InChI is InChI=1S/C18H14F3N3O2/c19-18(20,21)15-4-2-1-3-14(15)17(26)23-11-12-5-7-13(8-6-12)24-16(25)9-10-22/h1-8H,9,11H2,(H,23,26)(H,24,25). The predicted molar refractivity (Wildman–Crippen MR) is 87.9 cm³/mol. The Hall–Kier alpha value is -3.34. The Bertz CT molecular complexity index is 840. The lowest BCUT2D eigenvalue weighted by molar-refractivity contribution is -0.138. The lowest BCUT2D eigenvalue weighted by atomic mass is 10.1. The number of benzene rings is 2. The van der Waals surface area contributed by atoms with Crippen LogP contribution in [0.3, 0.4) is 0 Å². The van der Waals surface area contributed by atoms with E-state index in [1.807, 2.05) is 0 Å². The summed E-state index contributed by atoms with van der Waals surface area (Å²) in [5.41, 5.74) is -0.322. The molecule has 2 rings (SSSR count). The van der Waals surface area contributed by atoms with Crippen LogP contribution in [-0.2, 0) is 17.5 Å². The van der Waals surface area contributed by atoms with Crippen LogP contribution >= 0.6 is 0 Å². The molecule has 0 fully saturated rings. The van der Waals surface area contributed by atoms with Crippen molar-refractivity contribution in [1.29, 1.82) is 5.26 Å². The summed E-state index contributed by atoms with van der Waals surface area (Å²) in [5.74, 6) is -1.28. The van der Waals surface area contributed by atoms with Crippen molar-refractivity contribution in [2.24, 2.45) is 0 Å². The van der Waals surface area contributed by atoms with Gasteiger partial charge in [-0.1, -0.05) is 24.3 Å². The molecule has 134 valence electrons. The molecule has 2 amide bonds. The Labute approximate surface area is 147 Å².